The molecule has 4 rings (SSSR count). The predicted octanol–water partition coefficient (Wildman–Crippen LogP) is 4.75. The molecular formula is C19H17ClN2. The van der Waals surface area contributed by atoms with Crippen LogP contribution in [0.5, 0.6) is 0 Å². The number of hydrogen-bond acceptors (Lipinski definition) is 1. The van der Waals surface area contributed by atoms with Crippen LogP contribution in [0.4, 0.5) is 0 Å². The molecule has 110 valence electrons. The molecule has 0 amide bonds. The molecule has 3 aromatic rings. The molecule has 0 saturated carbocycles. The molecule has 0 N–H and O–H groups in total. The maximum absolute atomic E-state index is 6.47. The van der Waals surface area contributed by atoms with Crippen molar-refractivity contribution in [1.82, 2.24) is 9.55 Å². The topological polar surface area (TPSA) is 17.8 Å². The van der Waals surface area contributed by atoms with Crippen LogP contribution in [0.25, 0.3) is 0 Å². The Balaban J connectivity index is 1.84. The van der Waals surface area contributed by atoms with Crippen molar-refractivity contribution in [3.8, 4) is 0 Å². The minimum Gasteiger partial charge on any atom is -0.326 e. The molecule has 0 bridgehead atoms. The highest BCUT2D eigenvalue weighted by atomic mass is 35.5. The molecule has 0 saturated heterocycles. The maximum atomic E-state index is 6.47. The molecule has 2 atom stereocenters. The summed E-state index contributed by atoms with van der Waals surface area (Å²) in [5.41, 5.74) is 5.20. The molecule has 22 heavy (non-hydrogen) atoms. The van der Waals surface area contributed by atoms with E-state index in [9.17, 15) is 0 Å². The summed E-state index contributed by atoms with van der Waals surface area (Å²) in [4.78, 5) is 4.22. The zero-order chi connectivity index (χ0) is 14.9. The van der Waals surface area contributed by atoms with E-state index < -0.39 is 0 Å². The van der Waals surface area contributed by atoms with Crippen LogP contribution in [0.1, 0.15) is 40.1 Å². The number of hydrogen-bond donors (Lipinski definition) is 0. The van der Waals surface area contributed by atoms with Crippen LogP contribution >= 0.6 is 11.6 Å². The van der Waals surface area contributed by atoms with Gasteiger partial charge < -0.3 is 4.57 Å². The molecule has 3 heteroatoms. The van der Waals surface area contributed by atoms with Crippen molar-refractivity contribution in [2.24, 2.45) is 0 Å². The van der Waals surface area contributed by atoms with Gasteiger partial charge in [-0.25, -0.2) is 4.98 Å². The monoisotopic (exact) mass is 308 g/mol. The summed E-state index contributed by atoms with van der Waals surface area (Å²) < 4.78 is 2.15. The number of fused-ring (bicyclic) bond motifs is 1. The van der Waals surface area contributed by atoms with Gasteiger partial charge in [0.05, 0.1) is 17.7 Å². The third kappa shape index (κ3) is 2.34. The molecule has 1 heterocycles. The molecule has 2 aromatic carbocycles. The zero-order valence-electron chi connectivity index (χ0n) is 12.2. The highest BCUT2D eigenvalue weighted by molar-refractivity contribution is 6.21. The van der Waals surface area contributed by atoms with Crippen molar-refractivity contribution in [2.75, 3.05) is 0 Å². The number of halogens is 1. The van der Waals surface area contributed by atoms with Gasteiger partial charge in [-0.05, 0) is 35.1 Å². The average molecular weight is 309 g/mol. The molecule has 2 unspecified atom stereocenters. The first-order valence-corrected chi connectivity index (χ1v) is 8.06. The van der Waals surface area contributed by atoms with Crippen LogP contribution in [-0.2, 0) is 6.42 Å². The van der Waals surface area contributed by atoms with E-state index in [2.05, 4.69) is 52.0 Å². The first-order valence-electron chi connectivity index (χ1n) is 7.62. The Morgan fingerprint density at radius 1 is 1.09 bits per heavy atom. The van der Waals surface area contributed by atoms with Gasteiger partial charge in [0.1, 0.15) is 0 Å². The van der Waals surface area contributed by atoms with Crippen LogP contribution < -0.4 is 0 Å². The Kier molecular flexibility index (Phi) is 3.47. The molecule has 0 aliphatic heterocycles. The van der Waals surface area contributed by atoms with Crippen LogP contribution in [0.3, 0.4) is 0 Å². The number of aromatic nitrogens is 2. The number of nitrogens with zero attached hydrogens (tertiary/aromatic N) is 2. The van der Waals surface area contributed by atoms with E-state index >= 15 is 0 Å². The molecule has 1 aliphatic rings. The smallest absolute Gasteiger partial charge is 0.0954 e. The van der Waals surface area contributed by atoms with E-state index in [1.165, 1.54) is 22.3 Å². The van der Waals surface area contributed by atoms with Crippen molar-refractivity contribution in [1.29, 1.82) is 0 Å². The fraction of sp³-hybridized carbons (Fsp3) is 0.211. The summed E-state index contributed by atoms with van der Waals surface area (Å²) in [5, 5.41) is 0.147. The van der Waals surface area contributed by atoms with Crippen LogP contribution in [0, 0.1) is 0 Å². The molecule has 0 fully saturated rings. The van der Waals surface area contributed by atoms with E-state index in [0.717, 1.165) is 12.8 Å². The summed E-state index contributed by atoms with van der Waals surface area (Å²) in [6.07, 6.45) is 7.85. The van der Waals surface area contributed by atoms with Gasteiger partial charge >= 0.3 is 0 Å². The number of aryl methyl sites for hydroxylation is 1. The normalized spacial score (nSPS) is 18.1. The highest BCUT2D eigenvalue weighted by Crippen LogP contribution is 2.38. The zero-order valence-corrected chi connectivity index (χ0v) is 12.9. The van der Waals surface area contributed by atoms with Crippen molar-refractivity contribution in [2.45, 2.75) is 24.3 Å². The van der Waals surface area contributed by atoms with Gasteiger partial charge in [-0.15, -0.1) is 11.6 Å². The standard InChI is InChI=1S/C19H17ClN2/c20-18-9-8-14-6-7-16(12-17(14)18)19(22-11-10-21-13-22)15-4-2-1-3-5-15/h1-7,10-13,18-19H,8-9H2. The first kappa shape index (κ1) is 13.6. The van der Waals surface area contributed by atoms with Crippen LogP contribution in [0.2, 0.25) is 0 Å². The third-order valence-electron chi connectivity index (χ3n) is 4.43. The Hall–Kier alpha value is -2.06. The highest BCUT2D eigenvalue weighted by Gasteiger charge is 2.23. The second-order valence-corrected chi connectivity index (χ2v) is 6.31. The van der Waals surface area contributed by atoms with Crippen molar-refractivity contribution < 1.29 is 0 Å². The SMILES string of the molecule is ClC1CCc2ccc(C(c3ccccc3)n3ccnc3)cc21. The first-order chi connectivity index (χ1) is 10.8. The second kappa shape index (κ2) is 5.62. The largest absolute Gasteiger partial charge is 0.326 e. The Morgan fingerprint density at radius 3 is 2.73 bits per heavy atom. The lowest BCUT2D eigenvalue weighted by atomic mass is 9.95. The third-order valence-corrected chi connectivity index (χ3v) is 4.88. The molecule has 0 spiro atoms. The van der Waals surface area contributed by atoms with Gasteiger partial charge in [0.2, 0.25) is 0 Å². The van der Waals surface area contributed by atoms with Gasteiger partial charge in [-0.3, -0.25) is 0 Å². The summed E-state index contributed by atoms with van der Waals surface area (Å²) in [7, 11) is 0. The van der Waals surface area contributed by atoms with Crippen LogP contribution in [-0.4, -0.2) is 9.55 Å². The van der Waals surface area contributed by atoms with Crippen molar-refractivity contribution in [3.63, 3.8) is 0 Å². The lowest BCUT2D eigenvalue weighted by molar-refractivity contribution is 0.676. The van der Waals surface area contributed by atoms with E-state index in [1.54, 1.807) is 0 Å². The van der Waals surface area contributed by atoms with Crippen molar-refractivity contribution >= 4 is 11.6 Å². The van der Waals surface area contributed by atoms with E-state index in [4.69, 9.17) is 11.6 Å². The number of alkyl halides is 1. The maximum Gasteiger partial charge on any atom is 0.0954 e. The summed E-state index contributed by atoms with van der Waals surface area (Å²) in [5.74, 6) is 0. The summed E-state index contributed by atoms with van der Waals surface area (Å²) in [6.45, 7) is 0. The fourth-order valence-corrected chi connectivity index (χ4v) is 3.65. The number of imidazole rings is 1. The second-order valence-electron chi connectivity index (χ2n) is 5.79. The molecule has 1 aliphatic carbocycles. The molecule has 2 nitrogen and oxygen atoms in total. The summed E-state index contributed by atoms with van der Waals surface area (Å²) >= 11 is 6.47. The number of rotatable bonds is 3. The minimum atomic E-state index is 0.137. The van der Waals surface area contributed by atoms with Gasteiger partial charge in [-0.2, -0.15) is 0 Å². The quantitative estimate of drug-likeness (QED) is 0.639. The molecule has 1 aromatic heterocycles. The lowest BCUT2D eigenvalue weighted by Crippen LogP contribution is -2.11. The number of benzene rings is 2. The van der Waals surface area contributed by atoms with E-state index in [0.29, 0.717) is 0 Å². The van der Waals surface area contributed by atoms with Gasteiger partial charge in [-0.1, -0.05) is 48.5 Å². The summed E-state index contributed by atoms with van der Waals surface area (Å²) in [6, 6.07) is 17.4. The van der Waals surface area contributed by atoms with Gasteiger partial charge in [0.15, 0.2) is 0 Å². The van der Waals surface area contributed by atoms with Crippen LogP contribution in [0.15, 0.2) is 67.3 Å². The van der Waals surface area contributed by atoms with Gasteiger partial charge in [0, 0.05) is 12.4 Å². The Bertz CT molecular complexity index is 765. The molecule has 0 radical (unpaired) electrons. The minimum absolute atomic E-state index is 0.137. The fourth-order valence-electron chi connectivity index (χ4n) is 3.33. The molecular weight excluding hydrogens is 292 g/mol. The Morgan fingerprint density at radius 2 is 1.95 bits per heavy atom. The van der Waals surface area contributed by atoms with Crippen molar-refractivity contribution in [3.05, 3.63) is 89.5 Å². The predicted molar refractivity (Wildman–Crippen MR) is 89.3 cm³/mol. The average Bonchev–Trinajstić information content (AvgIpc) is 3.20. The van der Waals surface area contributed by atoms with Gasteiger partial charge in [0.25, 0.3) is 0 Å². The van der Waals surface area contributed by atoms with E-state index in [-0.39, 0.29) is 11.4 Å². The van der Waals surface area contributed by atoms with E-state index in [1.807, 2.05) is 24.8 Å². The lowest BCUT2D eigenvalue weighted by Gasteiger charge is -2.21. The Labute approximate surface area is 135 Å².